The van der Waals surface area contributed by atoms with E-state index in [2.05, 4.69) is 9.97 Å². The van der Waals surface area contributed by atoms with Crippen LogP contribution in [0.15, 0.2) is 83.2 Å². The highest BCUT2D eigenvalue weighted by Gasteiger charge is 2.30. The molecule has 0 aliphatic heterocycles. The first kappa shape index (κ1) is 25.2. The molecule has 5 aromatic rings. The number of aromatic nitrogens is 3. The lowest BCUT2D eigenvalue weighted by molar-refractivity contribution is -0.137. The summed E-state index contributed by atoms with van der Waals surface area (Å²) in [7, 11) is 1.53. The van der Waals surface area contributed by atoms with Crippen LogP contribution in [0.4, 0.5) is 13.2 Å². The first-order valence-corrected chi connectivity index (χ1v) is 12.3. The highest BCUT2D eigenvalue weighted by atomic mass is 32.1. The van der Waals surface area contributed by atoms with E-state index < -0.39 is 11.7 Å². The molecular formula is C28H20F3N3O3S. The Hall–Kier alpha value is -4.44. The molecule has 3 heterocycles. The summed E-state index contributed by atoms with van der Waals surface area (Å²) in [5.41, 5.74) is 1.04. The van der Waals surface area contributed by atoms with Gasteiger partial charge in [-0.15, -0.1) is 11.3 Å². The summed E-state index contributed by atoms with van der Waals surface area (Å²) >= 11 is 1.28. The van der Waals surface area contributed by atoms with E-state index in [-0.39, 0.29) is 17.7 Å². The number of methoxy groups -OCH3 is 1. The standard InChI is InChI=1S/C28H20F3N3O3S/c1-36-23-7-4-5-19(25(23)37-17-21-6-2-3-14-32-21)10-13-22-24(26(35)34-15-16-38-27(34)33-22)18-8-11-20(12-9-18)28(29,30)31/h2-16H,17H2,1H3/b13-10+. The van der Waals surface area contributed by atoms with Gasteiger partial charge in [-0.3, -0.25) is 14.2 Å². The van der Waals surface area contributed by atoms with E-state index in [1.807, 2.05) is 24.3 Å². The number of hydrogen-bond acceptors (Lipinski definition) is 6. The summed E-state index contributed by atoms with van der Waals surface area (Å²) in [6.45, 7) is 0.208. The fourth-order valence-corrected chi connectivity index (χ4v) is 4.60. The molecule has 6 nitrogen and oxygen atoms in total. The number of nitrogens with zero attached hydrogens (tertiary/aromatic N) is 3. The number of ether oxygens (including phenoxy) is 2. The van der Waals surface area contributed by atoms with Crippen LogP contribution in [-0.4, -0.2) is 21.5 Å². The van der Waals surface area contributed by atoms with Crippen molar-refractivity contribution >= 4 is 28.4 Å². The van der Waals surface area contributed by atoms with Gasteiger partial charge >= 0.3 is 6.18 Å². The molecule has 192 valence electrons. The number of rotatable bonds is 7. The second-order valence-corrected chi connectivity index (χ2v) is 9.00. The summed E-state index contributed by atoms with van der Waals surface area (Å²) in [6.07, 6.45) is 2.16. The summed E-state index contributed by atoms with van der Waals surface area (Å²) in [6, 6.07) is 15.4. The van der Waals surface area contributed by atoms with Gasteiger partial charge in [0.25, 0.3) is 5.56 Å². The lowest BCUT2D eigenvalue weighted by atomic mass is 10.0. The average molecular weight is 536 g/mol. The van der Waals surface area contributed by atoms with Gasteiger partial charge in [0, 0.05) is 23.3 Å². The number of halogens is 3. The Morgan fingerprint density at radius 1 is 1.03 bits per heavy atom. The van der Waals surface area contributed by atoms with Crippen LogP contribution in [0.2, 0.25) is 0 Å². The molecule has 0 aliphatic rings. The van der Waals surface area contributed by atoms with Gasteiger partial charge in [-0.1, -0.05) is 30.3 Å². The number of pyridine rings is 1. The zero-order valence-corrected chi connectivity index (χ0v) is 20.8. The van der Waals surface area contributed by atoms with E-state index in [1.165, 1.54) is 35.0 Å². The smallest absolute Gasteiger partial charge is 0.416 e. The number of para-hydroxylation sites is 1. The zero-order valence-electron chi connectivity index (χ0n) is 20.0. The minimum atomic E-state index is -4.48. The summed E-state index contributed by atoms with van der Waals surface area (Å²) in [5, 5.41) is 1.72. The van der Waals surface area contributed by atoms with Crippen LogP contribution in [0.5, 0.6) is 11.5 Å². The molecular weight excluding hydrogens is 515 g/mol. The van der Waals surface area contributed by atoms with Crippen molar-refractivity contribution in [2.45, 2.75) is 12.8 Å². The van der Waals surface area contributed by atoms with Gasteiger partial charge in [0.2, 0.25) is 0 Å². The SMILES string of the molecule is COc1cccc(/C=C/c2nc3sccn3c(=O)c2-c2ccc(C(F)(F)F)cc2)c1OCc1ccccn1. The van der Waals surface area contributed by atoms with Crippen molar-refractivity contribution in [2.24, 2.45) is 0 Å². The molecule has 0 aliphatic carbocycles. The molecule has 0 amide bonds. The van der Waals surface area contributed by atoms with Gasteiger partial charge in [0.1, 0.15) is 6.61 Å². The molecule has 0 radical (unpaired) electrons. The van der Waals surface area contributed by atoms with Gasteiger partial charge in [-0.25, -0.2) is 4.98 Å². The maximum atomic E-state index is 13.4. The van der Waals surface area contributed by atoms with Gasteiger partial charge in [-0.2, -0.15) is 13.2 Å². The zero-order chi connectivity index (χ0) is 26.7. The van der Waals surface area contributed by atoms with Crippen molar-refractivity contribution in [3.8, 4) is 22.6 Å². The molecule has 0 N–H and O–H groups in total. The minimum absolute atomic E-state index is 0.185. The maximum absolute atomic E-state index is 13.4. The molecule has 2 aromatic carbocycles. The maximum Gasteiger partial charge on any atom is 0.416 e. The van der Waals surface area contributed by atoms with E-state index >= 15 is 0 Å². The highest BCUT2D eigenvalue weighted by Crippen LogP contribution is 2.34. The lowest BCUT2D eigenvalue weighted by Gasteiger charge is -2.13. The molecule has 3 aromatic heterocycles. The Kier molecular flexibility index (Phi) is 6.97. The quantitative estimate of drug-likeness (QED) is 0.235. The Balaban J connectivity index is 1.57. The highest BCUT2D eigenvalue weighted by molar-refractivity contribution is 7.15. The van der Waals surface area contributed by atoms with Crippen LogP contribution in [0.1, 0.15) is 22.5 Å². The molecule has 5 rings (SSSR count). The summed E-state index contributed by atoms with van der Waals surface area (Å²) in [4.78, 5) is 22.7. The molecule has 10 heteroatoms. The molecule has 0 bridgehead atoms. The van der Waals surface area contributed by atoms with Crippen LogP contribution in [0.3, 0.4) is 0 Å². The van der Waals surface area contributed by atoms with Crippen LogP contribution < -0.4 is 15.0 Å². The van der Waals surface area contributed by atoms with E-state index in [9.17, 15) is 18.0 Å². The number of thiazole rings is 1. The van der Waals surface area contributed by atoms with Crippen LogP contribution in [0.25, 0.3) is 28.2 Å². The molecule has 0 atom stereocenters. The molecule has 38 heavy (non-hydrogen) atoms. The molecule has 0 fully saturated rings. The second-order valence-electron chi connectivity index (χ2n) is 8.13. The summed E-state index contributed by atoms with van der Waals surface area (Å²) in [5.74, 6) is 0.981. The van der Waals surface area contributed by atoms with Crippen LogP contribution in [0, 0.1) is 0 Å². The first-order chi connectivity index (χ1) is 18.3. The van der Waals surface area contributed by atoms with Crippen molar-refractivity contribution in [3.05, 3.63) is 111 Å². The van der Waals surface area contributed by atoms with Gasteiger partial charge < -0.3 is 9.47 Å². The normalized spacial score (nSPS) is 11.8. The Morgan fingerprint density at radius 3 is 2.55 bits per heavy atom. The topological polar surface area (TPSA) is 65.7 Å². The molecule has 0 saturated carbocycles. The first-order valence-electron chi connectivity index (χ1n) is 11.4. The monoisotopic (exact) mass is 535 g/mol. The third-order valence-corrected chi connectivity index (χ3v) is 6.49. The Labute approximate surface area is 219 Å². The summed E-state index contributed by atoms with van der Waals surface area (Å²) < 4.78 is 52.2. The fourth-order valence-electron chi connectivity index (χ4n) is 3.89. The van der Waals surface area contributed by atoms with E-state index in [0.29, 0.717) is 33.3 Å². The van der Waals surface area contributed by atoms with Gasteiger partial charge in [0.05, 0.1) is 29.6 Å². The molecule has 0 spiro atoms. The van der Waals surface area contributed by atoms with Crippen molar-refractivity contribution < 1.29 is 22.6 Å². The van der Waals surface area contributed by atoms with Crippen LogP contribution in [-0.2, 0) is 12.8 Å². The predicted octanol–water partition coefficient (Wildman–Crippen LogP) is 6.59. The fraction of sp³-hybridized carbons (Fsp3) is 0.107. The van der Waals surface area contributed by atoms with Crippen molar-refractivity contribution in [2.75, 3.05) is 7.11 Å². The number of hydrogen-bond donors (Lipinski definition) is 0. The van der Waals surface area contributed by atoms with Crippen molar-refractivity contribution in [1.82, 2.24) is 14.4 Å². The Morgan fingerprint density at radius 2 is 1.84 bits per heavy atom. The van der Waals surface area contributed by atoms with Crippen molar-refractivity contribution in [3.63, 3.8) is 0 Å². The Bertz CT molecular complexity index is 1660. The predicted molar refractivity (Wildman–Crippen MR) is 140 cm³/mol. The average Bonchev–Trinajstić information content (AvgIpc) is 3.40. The van der Waals surface area contributed by atoms with Crippen LogP contribution >= 0.6 is 11.3 Å². The third-order valence-electron chi connectivity index (χ3n) is 5.74. The number of benzene rings is 2. The van der Waals surface area contributed by atoms with Crippen molar-refractivity contribution in [1.29, 1.82) is 0 Å². The second kappa shape index (κ2) is 10.5. The lowest BCUT2D eigenvalue weighted by Crippen LogP contribution is -2.17. The largest absolute Gasteiger partial charge is 0.493 e. The van der Waals surface area contributed by atoms with E-state index in [4.69, 9.17) is 9.47 Å². The molecule has 0 unspecified atom stereocenters. The van der Waals surface area contributed by atoms with E-state index in [1.54, 1.807) is 42.1 Å². The molecule has 0 saturated heterocycles. The van der Waals surface area contributed by atoms with Gasteiger partial charge in [0.15, 0.2) is 16.5 Å². The van der Waals surface area contributed by atoms with E-state index in [0.717, 1.165) is 17.8 Å². The number of fused-ring (bicyclic) bond motifs is 1. The number of alkyl halides is 3. The third kappa shape index (κ3) is 5.16. The van der Waals surface area contributed by atoms with Gasteiger partial charge in [-0.05, 0) is 48.0 Å². The minimum Gasteiger partial charge on any atom is -0.493 e.